The van der Waals surface area contributed by atoms with Gasteiger partial charge in [0.2, 0.25) is 0 Å². The minimum atomic E-state index is -0.00666. The van der Waals surface area contributed by atoms with E-state index in [0.717, 1.165) is 20.9 Å². The number of carbonyl (C=O) groups excluding carboxylic acids is 1. The first kappa shape index (κ1) is 14.6. The first-order valence-electron chi connectivity index (χ1n) is 6.70. The van der Waals surface area contributed by atoms with Crippen LogP contribution in [0.15, 0.2) is 42.6 Å². The quantitative estimate of drug-likeness (QED) is 0.467. The maximum atomic E-state index is 12.7. The van der Waals surface area contributed by atoms with Crippen molar-refractivity contribution in [3.8, 4) is 0 Å². The number of benzene rings is 2. The number of para-hydroxylation sites is 1. The van der Waals surface area contributed by atoms with Gasteiger partial charge in [-0.15, -0.1) is 0 Å². The lowest BCUT2D eigenvalue weighted by atomic mass is 10.0. The van der Waals surface area contributed by atoms with Gasteiger partial charge in [0.1, 0.15) is 0 Å². The predicted octanol–water partition coefficient (Wildman–Crippen LogP) is 5.22. The van der Waals surface area contributed by atoms with Crippen LogP contribution in [0.25, 0.3) is 10.9 Å². The summed E-state index contributed by atoms with van der Waals surface area (Å²) >= 11 is 8.27. The van der Waals surface area contributed by atoms with E-state index in [1.54, 1.807) is 12.3 Å². The minimum absolute atomic E-state index is 0.00666. The first-order chi connectivity index (χ1) is 10.1. The zero-order valence-corrected chi connectivity index (χ0v) is 14.3. The molecule has 4 heteroatoms. The van der Waals surface area contributed by atoms with E-state index in [-0.39, 0.29) is 5.78 Å². The molecule has 3 aromatic rings. The summed E-state index contributed by atoms with van der Waals surface area (Å²) in [6.07, 6.45) is 2.72. The van der Waals surface area contributed by atoms with Crippen molar-refractivity contribution in [2.24, 2.45) is 0 Å². The standard InChI is InChI=1S/C17H13ClINO/c1-2-10-4-3-5-12-13(9-20-16(10)12)17(21)11-6-7-15(19)14(18)8-11/h3-9,20H,2H2,1H3. The van der Waals surface area contributed by atoms with E-state index >= 15 is 0 Å². The molecule has 0 fully saturated rings. The maximum absolute atomic E-state index is 12.7. The Kier molecular flexibility index (Phi) is 4.04. The van der Waals surface area contributed by atoms with Gasteiger partial charge < -0.3 is 4.98 Å². The molecule has 1 aromatic heterocycles. The molecule has 0 aliphatic carbocycles. The number of carbonyl (C=O) groups is 1. The highest BCUT2D eigenvalue weighted by atomic mass is 127. The molecule has 0 saturated heterocycles. The molecule has 2 aromatic carbocycles. The Morgan fingerprint density at radius 3 is 2.81 bits per heavy atom. The van der Waals surface area contributed by atoms with Gasteiger partial charge in [-0.1, -0.05) is 36.7 Å². The van der Waals surface area contributed by atoms with Crippen molar-refractivity contribution in [3.63, 3.8) is 0 Å². The van der Waals surface area contributed by atoms with E-state index in [4.69, 9.17) is 11.6 Å². The van der Waals surface area contributed by atoms with E-state index in [1.807, 2.05) is 24.3 Å². The van der Waals surface area contributed by atoms with Crippen molar-refractivity contribution in [2.45, 2.75) is 13.3 Å². The molecule has 106 valence electrons. The smallest absolute Gasteiger partial charge is 0.195 e. The highest BCUT2D eigenvalue weighted by molar-refractivity contribution is 14.1. The van der Waals surface area contributed by atoms with E-state index in [1.165, 1.54) is 5.56 Å². The largest absolute Gasteiger partial charge is 0.360 e. The molecular weight excluding hydrogens is 397 g/mol. The van der Waals surface area contributed by atoms with Gasteiger partial charge in [-0.25, -0.2) is 0 Å². The lowest BCUT2D eigenvalue weighted by Gasteiger charge is -2.03. The fourth-order valence-electron chi connectivity index (χ4n) is 2.49. The van der Waals surface area contributed by atoms with Gasteiger partial charge >= 0.3 is 0 Å². The molecule has 0 saturated carbocycles. The number of aryl methyl sites for hydroxylation is 1. The molecule has 0 atom stereocenters. The van der Waals surface area contributed by atoms with Crippen molar-refractivity contribution < 1.29 is 4.79 Å². The summed E-state index contributed by atoms with van der Waals surface area (Å²) in [5, 5.41) is 1.57. The van der Waals surface area contributed by atoms with Gasteiger partial charge in [0.05, 0.1) is 5.02 Å². The predicted molar refractivity (Wildman–Crippen MR) is 95.3 cm³/mol. The molecule has 1 N–H and O–H groups in total. The van der Waals surface area contributed by atoms with Crippen molar-refractivity contribution in [2.75, 3.05) is 0 Å². The third-order valence-electron chi connectivity index (χ3n) is 3.61. The second kappa shape index (κ2) is 5.81. The van der Waals surface area contributed by atoms with Gasteiger partial charge in [0.15, 0.2) is 5.78 Å². The second-order valence-electron chi connectivity index (χ2n) is 4.85. The average molecular weight is 410 g/mol. The summed E-state index contributed by atoms with van der Waals surface area (Å²) in [4.78, 5) is 15.9. The van der Waals surface area contributed by atoms with E-state index in [0.29, 0.717) is 16.1 Å². The highest BCUT2D eigenvalue weighted by Crippen LogP contribution is 2.26. The molecule has 0 aliphatic rings. The van der Waals surface area contributed by atoms with Crippen LogP contribution in [0.5, 0.6) is 0 Å². The second-order valence-corrected chi connectivity index (χ2v) is 6.42. The number of halogens is 2. The van der Waals surface area contributed by atoms with Gasteiger partial charge in [-0.2, -0.15) is 0 Å². The molecule has 0 radical (unpaired) electrons. The molecule has 0 aliphatic heterocycles. The van der Waals surface area contributed by atoms with Gasteiger partial charge in [-0.3, -0.25) is 4.79 Å². The Morgan fingerprint density at radius 1 is 1.29 bits per heavy atom. The Balaban J connectivity index is 2.11. The summed E-state index contributed by atoms with van der Waals surface area (Å²) in [6, 6.07) is 11.5. The zero-order chi connectivity index (χ0) is 15.0. The molecule has 1 heterocycles. The van der Waals surface area contributed by atoms with Crippen molar-refractivity contribution in [3.05, 3.63) is 67.9 Å². The summed E-state index contributed by atoms with van der Waals surface area (Å²) < 4.78 is 0.943. The number of fused-ring (bicyclic) bond motifs is 1. The Morgan fingerprint density at radius 2 is 2.10 bits per heavy atom. The summed E-state index contributed by atoms with van der Waals surface area (Å²) in [5.74, 6) is -0.00666. The lowest BCUT2D eigenvalue weighted by Crippen LogP contribution is -2.00. The number of hydrogen-bond acceptors (Lipinski definition) is 1. The van der Waals surface area contributed by atoms with Crippen molar-refractivity contribution >= 4 is 50.9 Å². The van der Waals surface area contributed by atoms with Crippen LogP contribution in [0.2, 0.25) is 5.02 Å². The molecule has 0 unspecified atom stereocenters. The van der Waals surface area contributed by atoms with Crippen LogP contribution < -0.4 is 0 Å². The molecule has 21 heavy (non-hydrogen) atoms. The third kappa shape index (κ3) is 2.60. The molecule has 2 nitrogen and oxygen atoms in total. The highest BCUT2D eigenvalue weighted by Gasteiger charge is 2.16. The molecule has 0 spiro atoms. The third-order valence-corrected chi connectivity index (χ3v) is 5.18. The normalized spacial score (nSPS) is 11.0. The van der Waals surface area contributed by atoms with E-state index in [2.05, 4.69) is 40.6 Å². The van der Waals surface area contributed by atoms with Crippen LogP contribution in [0.4, 0.5) is 0 Å². The minimum Gasteiger partial charge on any atom is -0.360 e. The number of nitrogens with one attached hydrogen (secondary N) is 1. The number of aromatic nitrogens is 1. The summed E-state index contributed by atoms with van der Waals surface area (Å²) in [5.41, 5.74) is 3.56. The Labute approximate surface area is 141 Å². The molecule has 0 bridgehead atoms. The zero-order valence-electron chi connectivity index (χ0n) is 11.4. The Bertz CT molecular complexity index is 838. The SMILES string of the molecule is CCc1cccc2c(C(=O)c3ccc(I)c(Cl)c3)c[nH]c12. The summed E-state index contributed by atoms with van der Waals surface area (Å²) in [6.45, 7) is 2.11. The van der Waals surface area contributed by atoms with Crippen LogP contribution >= 0.6 is 34.2 Å². The van der Waals surface area contributed by atoms with E-state index < -0.39 is 0 Å². The number of rotatable bonds is 3. The van der Waals surface area contributed by atoms with Gasteiger partial charge in [0.25, 0.3) is 0 Å². The fourth-order valence-corrected chi connectivity index (χ4v) is 3.01. The first-order valence-corrected chi connectivity index (χ1v) is 8.16. The molecule has 0 amide bonds. The van der Waals surface area contributed by atoms with Crippen LogP contribution in [0, 0.1) is 3.57 Å². The van der Waals surface area contributed by atoms with Crippen LogP contribution in [-0.2, 0) is 6.42 Å². The lowest BCUT2D eigenvalue weighted by molar-refractivity contribution is 0.104. The van der Waals surface area contributed by atoms with Gasteiger partial charge in [-0.05, 0) is 52.8 Å². The molecular formula is C17H13ClINO. The van der Waals surface area contributed by atoms with Crippen LogP contribution in [-0.4, -0.2) is 10.8 Å². The number of hydrogen-bond donors (Lipinski definition) is 1. The van der Waals surface area contributed by atoms with E-state index in [9.17, 15) is 4.79 Å². The van der Waals surface area contributed by atoms with Crippen molar-refractivity contribution in [1.29, 1.82) is 0 Å². The molecule has 3 rings (SSSR count). The Hall–Kier alpha value is -1.33. The maximum Gasteiger partial charge on any atom is 0.195 e. The van der Waals surface area contributed by atoms with Crippen molar-refractivity contribution in [1.82, 2.24) is 4.98 Å². The van der Waals surface area contributed by atoms with Crippen LogP contribution in [0.1, 0.15) is 28.4 Å². The summed E-state index contributed by atoms with van der Waals surface area (Å²) in [7, 11) is 0. The average Bonchev–Trinajstić information content (AvgIpc) is 2.93. The van der Waals surface area contributed by atoms with Gasteiger partial charge in [0, 0.05) is 31.8 Å². The fraction of sp³-hybridized carbons (Fsp3) is 0.118. The van der Waals surface area contributed by atoms with Crippen LogP contribution in [0.3, 0.4) is 0 Å². The topological polar surface area (TPSA) is 32.9 Å². The number of H-pyrrole nitrogens is 1. The number of ketones is 1. The monoisotopic (exact) mass is 409 g/mol. The number of aromatic amines is 1.